The van der Waals surface area contributed by atoms with Crippen LogP contribution in [0.1, 0.15) is 11.1 Å². The summed E-state index contributed by atoms with van der Waals surface area (Å²) in [5, 5.41) is 3.03. The molecule has 1 aliphatic carbocycles. The lowest BCUT2D eigenvalue weighted by Crippen LogP contribution is -2.23. The summed E-state index contributed by atoms with van der Waals surface area (Å²) in [5.41, 5.74) is 2.50. The van der Waals surface area contributed by atoms with Crippen LogP contribution in [-0.4, -0.2) is 15.9 Å². The van der Waals surface area contributed by atoms with Gasteiger partial charge in [0.25, 0.3) is 0 Å². The molecule has 0 spiro atoms. The fraction of sp³-hybridized carbons (Fsp3) is 0.214. The smallest absolute Gasteiger partial charge is 0.229 e. The van der Waals surface area contributed by atoms with Crippen molar-refractivity contribution in [1.82, 2.24) is 9.97 Å². The number of rotatable bonds is 2. The van der Waals surface area contributed by atoms with E-state index in [1.165, 1.54) is 23.5 Å². The first-order valence-corrected chi connectivity index (χ1v) is 6.45. The molecular formula is C14H12ClN3O. The third-order valence-electron chi connectivity index (χ3n) is 3.28. The zero-order valence-corrected chi connectivity index (χ0v) is 10.9. The largest absolute Gasteiger partial charge is 0.309 e. The van der Waals surface area contributed by atoms with E-state index in [1.54, 1.807) is 0 Å². The van der Waals surface area contributed by atoms with Gasteiger partial charge in [-0.2, -0.15) is 0 Å². The molecule has 4 nitrogen and oxygen atoms in total. The van der Waals surface area contributed by atoms with Crippen LogP contribution in [0.5, 0.6) is 0 Å². The van der Waals surface area contributed by atoms with E-state index in [9.17, 15) is 4.79 Å². The molecule has 5 heteroatoms. The van der Waals surface area contributed by atoms with E-state index >= 15 is 0 Å². The Morgan fingerprint density at radius 1 is 1.21 bits per heavy atom. The number of anilines is 1. The summed E-state index contributed by atoms with van der Waals surface area (Å²) < 4.78 is 0. The van der Waals surface area contributed by atoms with Gasteiger partial charge in [-0.15, -0.1) is 0 Å². The maximum Gasteiger partial charge on any atom is 0.229 e. The zero-order valence-electron chi connectivity index (χ0n) is 10.1. The number of benzene rings is 1. The normalized spacial score (nSPS) is 14.2. The SMILES string of the molecule is O=C(Nc1cncc(Cl)n1)C1Cc2ccccc2C1. The molecule has 0 radical (unpaired) electrons. The number of amides is 1. The summed E-state index contributed by atoms with van der Waals surface area (Å²) in [6, 6.07) is 8.15. The molecule has 3 rings (SSSR count). The number of hydrogen-bond donors (Lipinski definition) is 1. The van der Waals surface area contributed by atoms with E-state index in [0.717, 1.165) is 12.8 Å². The second-order valence-corrected chi connectivity index (χ2v) is 4.98. The Balaban J connectivity index is 1.70. The van der Waals surface area contributed by atoms with Gasteiger partial charge in [0, 0.05) is 5.92 Å². The van der Waals surface area contributed by atoms with Gasteiger partial charge in [-0.3, -0.25) is 9.78 Å². The Labute approximate surface area is 115 Å². The first kappa shape index (κ1) is 12.1. The van der Waals surface area contributed by atoms with Crippen molar-refractivity contribution in [1.29, 1.82) is 0 Å². The minimum atomic E-state index is -0.0434. The Bertz CT molecular complexity index is 605. The molecule has 1 N–H and O–H groups in total. The number of carbonyl (C=O) groups excluding carboxylic acids is 1. The highest BCUT2D eigenvalue weighted by molar-refractivity contribution is 6.29. The molecule has 1 aromatic heterocycles. The molecule has 2 aromatic rings. The average Bonchev–Trinajstić information content (AvgIpc) is 2.82. The van der Waals surface area contributed by atoms with Crippen molar-refractivity contribution < 1.29 is 4.79 Å². The Hall–Kier alpha value is -1.94. The fourth-order valence-corrected chi connectivity index (χ4v) is 2.52. The topological polar surface area (TPSA) is 54.9 Å². The standard InChI is InChI=1S/C14H12ClN3O/c15-12-7-16-8-13(17-12)18-14(19)11-5-9-3-1-2-4-10(9)6-11/h1-4,7-8,11H,5-6H2,(H,17,18,19). The third kappa shape index (κ3) is 2.58. The van der Waals surface area contributed by atoms with Gasteiger partial charge in [0.2, 0.25) is 5.91 Å². The Morgan fingerprint density at radius 2 is 1.89 bits per heavy atom. The number of nitrogens with zero attached hydrogens (tertiary/aromatic N) is 2. The quantitative estimate of drug-likeness (QED) is 0.915. The molecule has 1 heterocycles. The summed E-state index contributed by atoms with van der Waals surface area (Å²) in [5.74, 6) is 0.319. The molecule has 0 fully saturated rings. The summed E-state index contributed by atoms with van der Waals surface area (Å²) in [7, 11) is 0. The predicted octanol–water partition coefficient (Wildman–Crippen LogP) is 2.48. The molecule has 96 valence electrons. The summed E-state index contributed by atoms with van der Waals surface area (Å²) >= 11 is 5.74. The van der Waals surface area contributed by atoms with E-state index < -0.39 is 0 Å². The van der Waals surface area contributed by atoms with E-state index in [1.807, 2.05) is 12.1 Å². The minimum absolute atomic E-state index is 0.0345. The number of halogens is 1. The average molecular weight is 274 g/mol. The van der Waals surface area contributed by atoms with Gasteiger partial charge in [-0.25, -0.2) is 4.98 Å². The van der Waals surface area contributed by atoms with Crippen molar-refractivity contribution in [3.63, 3.8) is 0 Å². The first-order valence-electron chi connectivity index (χ1n) is 6.07. The van der Waals surface area contributed by atoms with Gasteiger partial charge >= 0.3 is 0 Å². The summed E-state index contributed by atoms with van der Waals surface area (Å²) in [4.78, 5) is 20.1. The molecule has 0 aliphatic heterocycles. The highest BCUT2D eigenvalue weighted by atomic mass is 35.5. The minimum Gasteiger partial charge on any atom is -0.309 e. The van der Waals surface area contributed by atoms with Gasteiger partial charge in [-0.05, 0) is 24.0 Å². The van der Waals surface area contributed by atoms with Crippen molar-refractivity contribution in [3.05, 3.63) is 52.9 Å². The van der Waals surface area contributed by atoms with Gasteiger partial charge in [0.15, 0.2) is 5.82 Å². The molecule has 1 aromatic carbocycles. The van der Waals surface area contributed by atoms with Crippen molar-refractivity contribution in [2.24, 2.45) is 5.92 Å². The van der Waals surface area contributed by atoms with E-state index in [-0.39, 0.29) is 17.0 Å². The van der Waals surface area contributed by atoms with E-state index in [0.29, 0.717) is 5.82 Å². The highest BCUT2D eigenvalue weighted by Crippen LogP contribution is 2.27. The number of hydrogen-bond acceptors (Lipinski definition) is 3. The van der Waals surface area contributed by atoms with Crippen LogP contribution >= 0.6 is 11.6 Å². The van der Waals surface area contributed by atoms with Gasteiger partial charge in [-0.1, -0.05) is 35.9 Å². The number of fused-ring (bicyclic) bond motifs is 1. The molecule has 0 saturated heterocycles. The van der Waals surface area contributed by atoms with Crippen molar-refractivity contribution in [2.75, 3.05) is 5.32 Å². The Kier molecular flexibility index (Phi) is 3.17. The second kappa shape index (κ2) is 4.97. The second-order valence-electron chi connectivity index (χ2n) is 4.59. The molecule has 1 amide bonds. The van der Waals surface area contributed by atoms with Crippen molar-refractivity contribution in [3.8, 4) is 0 Å². The van der Waals surface area contributed by atoms with Crippen LogP contribution in [0.3, 0.4) is 0 Å². The molecule has 19 heavy (non-hydrogen) atoms. The zero-order chi connectivity index (χ0) is 13.2. The maximum atomic E-state index is 12.2. The van der Waals surface area contributed by atoms with Crippen LogP contribution in [0, 0.1) is 5.92 Å². The van der Waals surface area contributed by atoms with E-state index in [4.69, 9.17) is 11.6 Å². The van der Waals surface area contributed by atoms with Crippen LogP contribution in [0.15, 0.2) is 36.7 Å². The number of carbonyl (C=O) groups is 1. The number of aromatic nitrogens is 2. The number of nitrogens with one attached hydrogen (secondary N) is 1. The van der Waals surface area contributed by atoms with Gasteiger partial charge < -0.3 is 5.32 Å². The highest BCUT2D eigenvalue weighted by Gasteiger charge is 2.27. The van der Waals surface area contributed by atoms with Crippen LogP contribution in [-0.2, 0) is 17.6 Å². The molecule has 0 unspecified atom stereocenters. The van der Waals surface area contributed by atoms with Crippen molar-refractivity contribution in [2.45, 2.75) is 12.8 Å². The third-order valence-corrected chi connectivity index (χ3v) is 3.46. The molecule has 1 aliphatic rings. The lowest BCUT2D eigenvalue weighted by molar-refractivity contribution is -0.119. The maximum absolute atomic E-state index is 12.2. The molecule has 0 atom stereocenters. The van der Waals surface area contributed by atoms with Crippen LogP contribution in [0.4, 0.5) is 5.82 Å². The molecular weight excluding hydrogens is 262 g/mol. The lowest BCUT2D eigenvalue weighted by atomic mass is 10.1. The van der Waals surface area contributed by atoms with E-state index in [2.05, 4.69) is 27.4 Å². The van der Waals surface area contributed by atoms with Crippen LogP contribution in [0.25, 0.3) is 0 Å². The van der Waals surface area contributed by atoms with Crippen molar-refractivity contribution >= 4 is 23.3 Å². The molecule has 0 saturated carbocycles. The monoisotopic (exact) mass is 273 g/mol. The first-order chi connectivity index (χ1) is 9.22. The van der Waals surface area contributed by atoms with Crippen LogP contribution in [0.2, 0.25) is 5.15 Å². The predicted molar refractivity (Wildman–Crippen MR) is 73.0 cm³/mol. The Morgan fingerprint density at radius 3 is 2.53 bits per heavy atom. The van der Waals surface area contributed by atoms with Gasteiger partial charge in [0.1, 0.15) is 5.15 Å². The summed E-state index contributed by atoms with van der Waals surface area (Å²) in [6.45, 7) is 0. The van der Waals surface area contributed by atoms with Gasteiger partial charge in [0.05, 0.1) is 12.4 Å². The lowest BCUT2D eigenvalue weighted by Gasteiger charge is -2.09. The molecule has 0 bridgehead atoms. The fourth-order valence-electron chi connectivity index (χ4n) is 2.37. The van der Waals surface area contributed by atoms with Crippen LogP contribution < -0.4 is 5.32 Å². The summed E-state index contributed by atoms with van der Waals surface area (Å²) in [6.07, 6.45) is 4.47.